The number of nitro benzene ring substituents is 1. The Morgan fingerprint density at radius 1 is 1.09 bits per heavy atom. The van der Waals surface area contributed by atoms with Crippen LogP contribution in [0.2, 0.25) is 5.02 Å². The maximum Gasteiger partial charge on any atom is 0.269 e. The minimum absolute atomic E-state index is 0.00968. The van der Waals surface area contributed by atoms with E-state index in [2.05, 4.69) is 0 Å². The van der Waals surface area contributed by atoms with Crippen molar-refractivity contribution in [1.82, 2.24) is 0 Å². The van der Waals surface area contributed by atoms with E-state index in [4.69, 9.17) is 21.1 Å². The molecule has 1 aliphatic heterocycles. The van der Waals surface area contributed by atoms with Crippen molar-refractivity contribution in [3.8, 4) is 0 Å². The van der Waals surface area contributed by atoms with E-state index < -0.39 is 23.4 Å². The average Bonchev–Trinajstić information content (AvgIpc) is 2.56. The Hall–Kier alpha value is -1.99. The second kappa shape index (κ2) is 6.64. The summed E-state index contributed by atoms with van der Waals surface area (Å²) in [4.78, 5) is 10.2. The van der Waals surface area contributed by atoms with Crippen molar-refractivity contribution in [2.45, 2.75) is 18.5 Å². The molecule has 0 spiro atoms. The Balaban J connectivity index is 1.80. The first-order valence-corrected chi connectivity index (χ1v) is 7.37. The van der Waals surface area contributed by atoms with E-state index in [0.717, 1.165) is 5.56 Å². The first-order chi connectivity index (χ1) is 11.0. The molecule has 0 aliphatic carbocycles. The van der Waals surface area contributed by atoms with Crippen LogP contribution in [0.25, 0.3) is 0 Å². The van der Waals surface area contributed by atoms with E-state index in [1.54, 1.807) is 36.4 Å². The molecule has 1 fully saturated rings. The van der Waals surface area contributed by atoms with Crippen LogP contribution in [0.5, 0.6) is 0 Å². The molecular formula is C16H14ClNO5. The van der Waals surface area contributed by atoms with Crippen LogP contribution in [0.4, 0.5) is 5.69 Å². The lowest BCUT2D eigenvalue weighted by Gasteiger charge is -2.34. The number of halogens is 1. The van der Waals surface area contributed by atoms with Gasteiger partial charge in [-0.1, -0.05) is 23.7 Å². The van der Waals surface area contributed by atoms with Gasteiger partial charge in [0.25, 0.3) is 5.69 Å². The van der Waals surface area contributed by atoms with Crippen LogP contribution in [-0.4, -0.2) is 22.7 Å². The van der Waals surface area contributed by atoms with E-state index in [-0.39, 0.29) is 12.3 Å². The molecule has 0 aromatic heterocycles. The third-order valence-corrected chi connectivity index (χ3v) is 3.86. The highest BCUT2D eigenvalue weighted by atomic mass is 35.5. The van der Waals surface area contributed by atoms with Gasteiger partial charge in [0, 0.05) is 22.7 Å². The van der Waals surface area contributed by atoms with Crippen LogP contribution in [0.15, 0.2) is 48.5 Å². The van der Waals surface area contributed by atoms with Crippen molar-refractivity contribution in [1.29, 1.82) is 0 Å². The lowest BCUT2D eigenvalue weighted by molar-refractivity contribution is -0.384. The van der Waals surface area contributed by atoms with Gasteiger partial charge >= 0.3 is 0 Å². The number of hydrogen-bond acceptors (Lipinski definition) is 5. The second-order valence-corrected chi connectivity index (χ2v) is 5.63. The van der Waals surface area contributed by atoms with Gasteiger partial charge < -0.3 is 14.6 Å². The predicted octanol–water partition coefficient (Wildman–Crippen LogP) is 3.40. The van der Waals surface area contributed by atoms with Gasteiger partial charge in [-0.25, -0.2) is 0 Å². The molecule has 0 saturated carbocycles. The summed E-state index contributed by atoms with van der Waals surface area (Å²) in [5.74, 6) is 0. The molecule has 23 heavy (non-hydrogen) atoms. The summed E-state index contributed by atoms with van der Waals surface area (Å²) in [5.41, 5.74) is 1.43. The Kier molecular flexibility index (Phi) is 4.58. The van der Waals surface area contributed by atoms with E-state index in [1.807, 2.05) is 0 Å². The predicted molar refractivity (Wildman–Crippen MR) is 83.1 cm³/mol. The third kappa shape index (κ3) is 3.51. The highest BCUT2D eigenvalue weighted by Gasteiger charge is 2.32. The number of nitro groups is 1. The molecule has 0 amide bonds. The summed E-state index contributed by atoms with van der Waals surface area (Å²) in [5, 5.41) is 21.4. The lowest BCUT2D eigenvalue weighted by atomic mass is 10.0. The minimum Gasteiger partial charge on any atom is -0.388 e. The van der Waals surface area contributed by atoms with Gasteiger partial charge in [-0.15, -0.1) is 0 Å². The number of nitrogens with zero attached hydrogens (tertiary/aromatic N) is 1. The smallest absolute Gasteiger partial charge is 0.269 e. The van der Waals surface area contributed by atoms with Crippen molar-refractivity contribution in [3.63, 3.8) is 0 Å². The molecule has 2 aromatic carbocycles. The SMILES string of the molecule is O=[N+]([O-])c1ccc([C@@H]2O[C@@H](c3ccc(Cl)cc3)OC[C@@H]2O)cc1. The van der Waals surface area contributed by atoms with Gasteiger partial charge in [0.15, 0.2) is 6.29 Å². The van der Waals surface area contributed by atoms with Crippen LogP contribution < -0.4 is 0 Å². The van der Waals surface area contributed by atoms with Gasteiger partial charge in [0.05, 0.1) is 11.5 Å². The van der Waals surface area contributed by atoms with Crippen molar-refractivity contribution in [2.24, 2.45) is 0 Å². The lowest BCUT2D eigenvalue weighted by Crippen LogP contribution is -2.34. The van der Waals surface area contributed by atoms with Crippen LogP contribution in [0, 0.1) is 10.1 Å². The van der Waals surface area contributed by atoms with Crippen molar-refractivity contribution in [3.05, 3.63) is 74.8 Å². The van der Waals surface area contributed by atoms with Gasteiger partial charge in [0.2, 0.25) is 0 Å². The van der Waals surface area contributed by atoms with Gasteiger partial charge in [-0.05, 0) is 29.8 Å². The zero-order chi connectivity index (χ0) is 16.4. The van der Waals surface area contributed by atoms with Crippen molar-refractivity contribution >= 4 is 17.3 Å². The monoisotopic (exact) mass is 335 g/mol. The Labute approximate surface area is 137 Å². The summed E-state index contributed by atoms with van der Waals surface area (Å²) >= 11 is 5.86. The van der Waals surface area contributed by atoms with Crippen LogP contribution in [-0.2, 0) is 9.47 Å². The summed E-state index contributed by atoms with van der Waals surface area (Å²) in [6.07, 6.45) is -2.10. The van der Waals surface area contributed by atoms with Crippen molar-refractivity contribution < 1.29 is 19.5 Å². The molecule has 3 atom stereocenters. The van der Waals surface area contributed by atoms with E-state index in [9.17, 15) is 15.2 Å². The second-order valence-electron chi connectivity index (χ2n) is 5.19. The molecule has 3 rings (SSSR count). The molecule has 1 N–H and O–H groups in total. The maximum absolute atomic E-state index is 10.7. The molecule has 7 heteroatoms. The molecule has 120 valence electrons. The minimum atomic E-state index is -0.847. The summed E-state index contributed by atoms with van der Waals surface area (Å²) < 4.78 is 11.3. The van der Waals surface area contributed by atoms with Gasteiger partial charge in [-0.2, -0.15) is 0 Å². The topological polar surface area (TPSA) is 81.8 Å². The molecule has 6 nitrogen and oxygen atoms in total. The summed E-state index contributed by atoms with van der Waals surface area (Å²) in [6, 6.07) is 13.0. The Morgan fingerprint density at radius 2 is 1.70 bits per heavy atom. The maximum atomic E-state index is 10.7. The van der Waals surface area contributed by atoms with Crippen LogP contribution >= 0.6 is 11.6 Å². The van der Waals surface area contributed by atoms with E-state index in [0.29, 0.717) is 10.6 Å². The highest BCUT2D eigenvalue weighted by Crippen LogP contribution is 2.35. The molecule has 0 unspecified atom stereocenters. The van der Waals surface area contributed by atoms with Gasteiger partial charge in [-0.3, -0.25) is 10.1 Å². The molecule has 1 saturated heterocycles. The first-order valence-electron chi connectivity index (χ1n) is 6.99. The van der Waals surface area contributed by atoms with Crippen LogP contribution in [0.3, 0.4) is 0 Å². The first kappa shape index (κ1) is 15.9. The third-order valence-electron chi connectivity index (χ3n) is 3.61. The summed E-state index contributed by atoms with van der Waals surface area (Å²) in [6.45, 7) is 0.106. The number of aliphatic hydroxyl groups excluding tert-OH is 1. The quantitative estimate of drug-likeness (QED) is 0.686. The summed E-state index contributed by atoms with van der Waals surface area (Å²) in [7, 11) is 0. The number of non-ortho nitro benzene ring substituents is 1. The fraction of sp³-hybridized carbons (Fsp3) is 0.250. The van der Waals surface area contributed by atoms with E-state index in [1.165, 1.54) is 12.1 Å². The average molecular weight is 336 g/mol. The molecule has 0 radical (unpaired) electrons. The Morgan fingerprint density at radius 3 is 2.30 bits per heavy atom. The standard InChI is InChI=1S/C16H14ClNO5/c17-12-5-1-11(2-6-12)16-22-9-14(19)15(23-16)10-3-7-13(8-4-10)18(20)21/h1-8,14-16,19H,9H2/t14-,15-,16-/m0/s1. The van der Waals surface area contributed by atoms with Gasteiger partial charge in [0.1, 0.15) is 12.2 Å². The molecular weight excluding hydrogens is 322 g/mol. The fourth-order valence-corrected chi connectivity index (χ4v) is 2.54. The molecule has 1 heterocycles. The number of ether oxygens (including phenoxy) is 2. The van der Waals surface area contributed by atoms with E-state index >= 15 is 0 Å². The largest absolute Gasteiger partial charge is 0.388 e. The normalized spacial score (nSPS) is 24.3. The Bertz CT molecular complexity index is 689. The number of hydrogen-bond donors (Lipinski definition) is 1. The highest BCUT2D eigenvalue weighted by molar-refractivity contribution is 6.30. The number of rotatable bonds is 3. The fourth-order valence-electron chi connectivity index (χ4n) is 2.42. The molecule has 0 bridgehead atoms. The van der Waals surface area contributed by atoms with Crippen LogP contribution in [0.1, 0.15) is 23.5 Å². The number of benzene rings is 2. The zero-order valence-electron chi connectivity index (χ0n) is 12.0. The molecule has 1 aliphatic rings. The zero-order valence-corrected chi connectivity index (χ0v) is 12.7. The van der Waals surface area contributed by atoms with Crippen molar-refractivity contribution in [2.75, 3.05) is 6.61 Å². The molecule has 2 aromatic rings. The number of aliphatic hydroxyl groups is 1.